The summed E-state index contributed by atoms with van der Waals surface area (Å²) in [6.45, 7) is 8.24. The van der Waals surface area contributed by atoms with Crippen LogP contribution >= 0.6 is 17.0 Å². The quantitative estimate of drug-likeness (QED) is 0.328. The third-order valence-electron chi connectivity index (χ3n) is 6.41. The van der Waals surface area contributed by atoms with Gasteiger partial charge in [0.15, 0.2) is 0 Å². The molecule has 3 aromatic rings. The van der Waals surface area contributed by atoms with Gasteiger partial charge in [0.2, 0.25) is 0 Å². The molecule has 0 heterocycles. The summed E-state index contributed by atoms with van der Waals surface area (Å²) < 4.78 is 4.31. The number of rotatable bonds is 4. The molecule has 2 nitrogen and oxygen atoms in total. The predicted molar refractivity (Wildman–Crippen MR) is 128 cm³/mol. The Bertz CT molecular complexity index is 1160. The van der Waals surface area contributed by atoms with E-state index in [0.29, 0.717) is 5.56 Å². The summed E-state index contributed by atoms with van der Waals surface area (Å²) in [6.07, 6.45) is 0.811. The van der Waals surface area contributed by atoms with Crippen LogP contribution in [0.3, 0.4) is 0 Å². The normalized spacial score (nSPS) is 14.0. The minimum atomic E-state index is -4.83. The van der Waals surface area contributed by atoms with Gasteiger partial charge in [0.05, 0.1) is 0 Å². The van der Waals surface area contributed by atoms with E-state index in [9.17, 15) is 4.79 Å². The zero-order chi connectivity index (χ0) is 21.7. The number of nitrogens with one attached hydrogen (secondary N) is 1. The van der Waals surface area contributed by atoms with Crippen molar-refractivity contribution in [1.29, 1.82) is 0 Å². The first-order valence-electron chi connectivity index (χ1n) is 10.3. The molecule has 0 fully saturated rings. The summed E-state index contributed by atoms with van der Waals surface area (Å²) in [5.74, 6) is -1.82. The molecule has 0 bridgehead atoms. The molecule has 1 aliphatic carbocycles. The number of benzene rings is 3. The molecule has 4 rings (SSSR count). The predicted octanol–water partition coefficient (Wildman–Crippen LogP) is 5.83. The van der Waals surface area contributed by atoms with Crippen molar-refractivity contribution in [3.63, 3.8) is 0 Å². The van der Waals surface area contributed by atoms with E-state index in [1.54, 1.807) is 0 Å². The molecule has 0 atom stereocenters. The second-order valence-corrected chi connectivity index (χ2v) is 48.3. The van der Waals surface area contributed by atoms with Crippen molar-refractivity contribution in [2.24, 2.45) is 0 Å². The molecule has 0 aliphatic heterocycles. The van der Waals surface area contributed by atoms with Crippen LogP contribution in [0.4, 0.5) is 0 Å². The average Bonchev–Trinajstić information content (AvgIpc) is 3.06. The van der Waals surface area contributed by atoms with Crippen molar-refractivity contribution in [2.45, 2.75) is 33.4 Å². The molecule has 1 N–H and O–H groups in total. The van der Waals surface area contributed by atoms with E-state index in [4.69, 9.17) is 17.0 Å². The van der Waals surface area contributed by atoms with Gasteiger partial charge >= 0.3 is 189 Å². The van der Waals surface area contributed by atoms with Gasteiger partial charge < -0.3 is 0 Å². The fourth-order valence-electron chi connectivity index (χ4n) is 4.55. The second-order valence-electron chi connectivity index (χ2n) is 8.62. The molecule has 30 heavy (non-hydrogen) atoms. The summed E-state index contributed by atoms with van der Waals surface area (Å²) >= 11 is -4.83. The summed E-state index contributed by atoms with van der Waals surface area (Å²) in [7, 11) is 15.1. The van der Waals surface area contributed by atoms with Crippen LogP contribution in [0, 0.1) is 13.8 Å². The van der Waals surface area contributed by atoms with E-state index in [1.807, 2.05) is 38.1 Å². The number of hydrogen-bond acceptors (Lipinski definition) is 1. The Morgan fingerprint density at radius 3 is 2.17 bits per heavy atom. The molecule has 0 aromatic heterocycles. The van der Waals surface area contributed by atoms with E-state index >= 15 is 0 Å². The van der Waals surface area contributed by atoms with Crippen LogP contribution in [0.5, 0.6) is 0 Å². The number of aryl methyl sites for hydroxylation is 2. The van der Waals surface area contributed by atoms with Gasteiger partial charge in [-0.05, 0) is 0 Å². The standard InChI is InChI=1S/C13H9.C9H11NO.C2H7Si.2ClH.Zr/c1-3-7-12-10(5-1)9-11-6-2-4-8-13(11)12;1-6-4-3-5-7(2)8(6)9(10)11;1-3-2;;;/h1-5,7-8H,9H2;3-5H,1-2H3,(H2,10,11);3H,1-2H3;2*1H;/q;;;;;+3/p-3. The third kappa shape index (κ3) is 3.46. The van der Waals surface area contributed by atoms with Crippen LogP contribution in [0.25, 0.3) is 11.1 Å². The van der Waals surface area contributed by atoms with E-state index < -0.39 is 21.8 Å². The Morgan fingerprint density at radius 2 is 1.50 bits per heavy atom. The van der Waals surface area contributed by atoms with Gasteiger partial charge in [0, 0.05) is 0 Å². The molecule has 155 valence electrons. The van der Waals surface area contributed by atoms with Gasteiger partial charge in [-0.2, -0.15) is 0 Å². The average molecular weight is 535 g/mol. The zero-order valence-corrected chi connectivity index (χ0v) is 22.8. The topological polar surface area (TPSA) is 29.1 Å². The van der Waals surface area contributed by atoms with Gasteiger partial charge in [0.25, 0.3) is 0 Å². The molecule has 3 aromatic carbocycles. The van der Waals surface area contributed by atoms with Crippen LogP contribution in [-0.4, -0.2) is 11.8 Å². The minimum absolute atomic E-state index is 0.143. The van der Waals surface area contributed by atoms with Gasteiger partial charge in [-0.1, -0.05) is 0 Å². The number of hydrogen-bond donors (Lipinski definition) is 1. The van der Waals surface area contributed by atoms with Crippen LogP contribution < -0.4 is 6.53 Å². The van der Waals surface area contributed by atoms with Crippen molar-refractivity contribution >= 4 is 32.1 Å². The van der Waals surface area contributed by atoms with E-state index in [0.717, 1.165) is 20.8 Å². The van der Waals surface area contributed by atoms with E-state index in [1.165, 1.54) is 22.3 Å². The molecule has 0 saturated carbocycles. The molecule has 0 saturated heterocycles. The molecule has 0 spiro atoms. The summed E-state index contributed by atoms with van der Waals surface area (Å²) in [6, 6.07) is 20.6. The van der Waals surface area contributed by atoms with Crippen LogP contribution in [0.1, 0.15) is 32.6 Å². The summed E-state index contributed by atoms with van der Waals surface area (Å²) in [5, 5.41) is 0. The van der Waals surface area contributed by atoms with E-state index in [-0.39, 0.29) is 5.91 Å². The van der Waals surface area contributed by atoms with E-state index in [2.05, 4.69) is 52.8 Å². The first kappa shape index (κ1) is 22.0. The Balaban J connectivity index is 1.86. The van der Waals surface area contributed by atoms with Crippen molar-refractivity contribution in [2.75, 3.05) is 0 Å². The van der Waals surface area contributed by atoms with Crippen LogP contribution in [0.15, 0.2) is 60.7 Å². The molecule has 1 aliphatic rings. The summed E-state index contributed by atoms with van der Waals surface area (Å²) in [5.41, 5.74) is 7.48. The number of amides is 1. The second kappa shape index (κ2) is 7.74. The fraction of sp³-hybridized carbons (Fsp3) is 0.208. The number of fused-ring (bicyclic) bond motifs is 3. The number of carbonyl (C=O) groups excluding carboxylic acids is 1. The van der Waals surface area contributed by atoms with Crippen LogP contribution in [0.2, 0.25) is 13.1 Å². The SMILES string of the molecule is Cc1cccc(C)c1C(=O)[NH][Zr]([Cl])([Cl])([c]1cccc2c1Cc1ccccc1-2)[SiH](C)C. The van der Waals surface area contributed by atoms with Crippen molar-refractivity contribution in [3.8, 4) is 11.1 Å². The monoisotopic (exact) mass is 532 g/mol. The van der Waals surface area contributed by atoms with Gasteiger partial charge in [0.1, 0.15) is 0 Å². The van der Waals surface area contributed by atoms with Crippen molar-refractivity contribution in [1.82, 2.24) is 3.26 Å². The molecule has 0 unspecified atom stereocenters. The zero-order valence-electron chi connectivity index (χ0n) is 17.7. The molecule has 0 radical (unpaired) electrons. The van der Waals surface area contributed by atoms with Gasteiger partial charge in [-0.15, -0.1) is 0 Å². The molecular formula is C24H26Cl2NOSiZr. The Kier molecular flexibility index (Phi) is 5.68. The molecule has 1 amide bonds. The fourth-order valence-corrected chi connectivity index (χ4v) is 22.2. The molecule has 6 heteroatoms. The Labute approximate surface area is 187 Å². The first-order chi connectivity index (χ1) is 14.1. The number of carbonyl (C=O) groups is 1. The Hall–Kier alpha value is -1.19. The Morgan fingerprint density at radius 1 is 0.900 bits per heavy atom. The van der Waals surface area contributed by atoms with Crippen LogP contribution in [-0.2, 0) is 22.3 Å². The van der Waals surface area contributed by atoms with Gasteiger partial charge in [-0.25, -0.2) is 0 Å². The van der Waals surface area contributed by atoms with Gasteiger partial charge in [-0.3, -0.25) is 0 Å². The first-order valence-corrected chi connectivity index (χ1v) is 26.2. The maximum atomic E-state index is 13.5. The maximum absolute atomic E-state index is 13.5. The third-order valence-corrected chi connectivity index (χ3v) is 50.4. The summed E-state index contributed by atoms with van der Waals surface area (Å²) in [4.78, 5) is 13.5. The van der Waals surface area contributed by atoms with Crippen molar-refractivity contribution < 1.29 is 20.6 Å². The van der Waals surface area contributed by atoms with Crippen molar-refractivity contribution in [3.05, 3.63) is 88.5 Å². The number of halogens is 2. The molecular weight excluding hydrogens is 508 g/mol.